The van der Waals surface area contributed by atoms with E-state index >= 15 is 0 Å². The quantitative estimate of drug-likeness (QED) is 0.554. The second-order valence-corrected chi connectivity index (χ2v) is 5.11. The summed E-state index contributed by atoms with van der Waals surface area (Å²) in [6.07, 6.45) is 1.76. The van der Waals surface area contributed by atoms with Crippen LogP contribution in [0.3, 0.4) is 0 Å². The van der Waals surface area contributed by atoms with Crippen molar-refractivity contribution in [2.45, 2.75) is 6.92 Å². The van der Waals surface area contributed by atoms with E-state index in [2.05, 4.69) is 6.07 Å². The van der Waals surface area contributed by atoms with Gasteiger partial charge in [0.1, 0.15) is 5.75 Å². The Labute approximate surface area is 134 Å². The van der Waals surface area contributed by atoms with Crippen LogP contribution >= 0.6 is 23.2 Å². The van der Waals surface area contributed by atoms with E-state index in [0.29, 0.717) is 27.8 Å². The molecule has 0 fully saturated rings. The van der Waals surface area contributed by atoms with Gasteiger partial charge in [-0.3, -0.25) is 0 Å². The smallest absolute Gasteiger partial charge is 0.126 e. The van der Waals surface area contributed by atoms with Gasteiger partial charge in [0.2, 0.25) is 0 Å². The summed E-state index contributed by atoms with van der Waals surface area (Å²) in [6, 6.07) is 14.8. The molecular weight excluding hydrogens is 305 g/mol. The molecule has 4 heteroatoms. The van der Waals surface area contributed by atoms with Crippen LogP contribution in [-0.4, -0.2) is 6.61 Å². The lowest BCUT2D eigenvalue weighted by Gasteiger charge is -2.08. The summed E-state index contributed by atoms with van der Waals surface area (Å²) in [5.41, 5.74) is 1.95. The predicted molar refractivity (Wildman–Crippen MR) is 87.6 cm³/mol. The number of halogens is 2. The first-order valence-electron chi connectivity index (χ1n) is 6.44. The van der Waals surface area contributed by atoms with Crippen LogP contribution in [0.1, 0.15) is 18.1 Å². The molecule has 0 atom stereocenters. The third kappa shape index (κ3) is 3.78. The summed E-state index contributed by atoms with van der Waals surface area (Å²) in [4.78, 5) is 0. The maximum Gasteiger partial charge on any atom is 0.126 e. The molecule has 0 heterocycles. The van der Waals surface area contributed by atoms with Crippen LogP contribution in [0.2, 0.25) is 10.0 Å². The van der Waals surface area contributed by atoms with E-state index in [9.17, 15) is 5.26 Å². The zero-order valence-corrected chi connectivity index (χ0v) is 12.9. The minimum Gasteiger partial charge on any atom is -0.493 e. The molecule has 0 N–H and O–H groups in total. The highest BCUT2D eigenvalue weighted by Gasteiger charge is 2.08. The molecule has 2 aromatic carbocycles. The standard InChI is InChI=1S/C17H13Cl2NO/c1-2-21-17-6-4-3-5-12(17)9-13(11-20)15-8-7-14(18)10-16(15)19/h3-10H,2H2,1H3/b13-9+. The molecule has 0 aliphatic heterocycles. The van der Waals surface area contributed by atoms with Gasteiger partial charge in [-0.05, 0) is 31.2 Å². The molecule has 2 rings (SSSR count). The summed E-state index contributed by atoms with van der Waals surface area (Å²) >= 11 is 12.0. The molecule has 0 unspecified atom stereocenters. The molecule has 0 amide bonds. The first-order valence-corrected chi connectivity index (χ1v) is 7.20. The molecule has 0 aliphatic rings. The Morgan fingerprint density at radius 3 is 2.67 bits per heavy atom. The number of ether oxygens (including phenoxy) is 1. The van der Waals surface area contributed by atoms with Crippen LogP contribution in [0.25, 0.3) is 11.6 Å². The molecule has 0 aliphatic carbocycles. The van der Waals surface area contributed by atoms with Gasteiger partial charge in [0, 0.05) is 16.1 Å². The maximum atomic E-state index is 9.40. The van der Waals surface area contributed by atoms with Crippen molar-refractivity contribution >= 4 is 34.9 Å². The van der Waals surface area contributed by atoms with Crippen molar-refractivity contribution in [2.75, 3.05) is 6.61 Å². The Bertz CT molecular complexity index is 717. The number of para-hydroxylation sites is 1. The van der Waals surface area contributed by atoms with E-state index in [0.717, 1.165) is 11.3 Å². The van der Waals surface area contributed by atoms with Gasteiger partial charge in [-0.1, -0.05) is 47.5 Å². The van der Waals surface area contributed by atoms with Crippen molar-refractivity contribution in [2.24, 2.45) is 0 Å². The van der Waals surface area contributed by atoms with Crippen molar-refractivity contribution < 1.29 is 4.74 Å². The minimum atomic E-state index is 0.448. The first kappa shape index (κ1) is 15.4. The van der Waals surface area contributed by atoms with Gasteiger partial charge in [-0.15, -0.1) is 0 Å². The van der Waals surface area contributed by atoms with Crippen LogP contribution in [0.15, 0.2) is 42.5 Å². The number of benzene rings is 2. The Balaban J connectivity index is 2.49. The fourth-order valence-corrected chi connectivity index (χ4v) is 2.43. The lowest BCUT2D eigenvalue weighted by Crippen LogP contribution is -1.94. The van der Waals surface area contributed by atoms with E-state index < -0.39 is 0 Å². The average Bonchev–Trinajstić information content (AvgIpc) is 2.47. The summed E-state index contributed by atoms with van der Waals surface area (Å²) in [7, 11) is 0. The van der Waals surface area contributed by atoms with Gasteiger partial charge in [-0.2, -0.15) is 5.26 Å². The molecule has 0 saturated heterocycles. The molecule has 21 heavy (non-hydrogen) atoms. The van der Waals surface area contributed by atoms with E-state index in [-0.39, 0.29) is 0 Å². The van der Waals surface area contributed by atoms with Gasteiger partial charge in [-0.25, -0.2) is 0 Å². The average molecular weight is 318 g/mol. The Morgan fingerprint density at radius 2 is 2.00 bits per heavy atom. The third-order valence-electron chi connectivity index (χ3n) is 2.86. The van der Waals surface area contributed by atoms with Gasteiger partial charge in [0.05, 0.1) is 23.3 Å². The van der Waals surface area contributed by atoms with Gasteiger partial charge in [0.15, 0.2) is 0 Å². The van der Waals surface area contributed by atoms with Crippen molar-refractivity contribution in [3.05, 3.63) is 63.6 Å². The first-order chi connectivity index (χ1) is 10.2. The highest BCUT2D eigenvalue weighted by Crippen LogP contribution is 2.30. The number of nitriles is 1. The Morgan fingerprint density at radius 1 is 1.24 bits per heavy atom. The number of hydrogen-bond donors (Lipinski definition) is 0. The van der Waals surface area contributed by atoms with Crippen LogP contribution in [0, 0.1) is 11.3 Å². The summed E-state index contributed by atoms with van der Waals surface area (Å²) in [6.45, 7) is 2.48. The Hall–Kier alpha value is -1.95. The molecular formula is C17H13Cl2NO. The second-order valence-electron chi connectivity index (χ2n) is 4.26. The lowest BCUT2D eigenvalue weighted by molar-refractivity contribution is 0.339. The highest BCUT2D eigenvalue weighted by atomic mass is 35.5. The third-order valence-corrected chi connectivity index (χ3v) is 3.41. The predicted octanol–water partition coefficient (Wildman–Crippen LogP) is 5.46. The van der Waals surface area contributed by atoms with Crippen molar-refractivity contribution in [3.63, 3.8) is 0 Å². The van der Waals surface area contributed by atoms with Crippen molar-refractivity contribution in [3.8, 4) is 11.8 Å². The van der Waals surface area contributed by atoms with Crippen LogP contribution in [0.5, 0.6) is 5.75 Å². The zero-order valence-electron chi connectivity index (χ0n) is 11.4. The summed E-state index contributed by atoms with van der Waals surface area (Å²) < 4.78 is 5.56. The summed E-state index contributed by atoms with van der Waals surface area (Å²) in [5.74, 6) is 0.734. The molecule has 0 radical (unpaired) electrons. The highest BCUT2D eigenvalue weighted by molar-refractivity contribution is 6.36. The minimum absolute atomic E-state index is 0.448. The van der Waals surface area contributed by atoms with E-state index in [1.54, 1.807) is 24.3 Å². The van der Waals surface area contributed by atoms with Crippen molar-refractivity contribution in [1.82, 2.24) is 0 Å². The molecule has 0 spiro atoms. The molecule has 106 valence electrons. The monoisotopic (exact) mass is 317 g/mol. The summed E-state index contributed by atoms with van der Waals surface area (Å²) in [5, 5.41) is 10.4. The molecule has 0 aromatic heterocycles. The fraction of sp³-hybridized carbons (Fsp3) is 0.118. The Kier molecular flexibility index (Phi) is 5.27. The van der Waals surface area contributed by atoms with Gasteiger partial charge < -0.3 is 4.74 Å². The SMILES string of the molecule is CCOc1ccccc1/C=C(\C#N)c1ccc(Cl)cc1Cl. The van der Waals surface area contributed by atoms with Crippen molar-refractivity contribution in [1.29, 1.82) is 5.26 Å². The number of rotatable bonds is 4. The van der Waals surface area contributed by atoms with E-state index in [4.69, 9.17) is 27.9 Å². The molecule has 2 aromatic rings. The van der Waals surface area contributed by atoms with E-state index in [1.807, 2.05) is 31.2 Å². The number of nitrogens with zero attached hydrogens (tertiary/aromatic N) is 1. The van der Waals surface area contributed by atoms with Gasteiger partial charge >= 0.3 is 0 Å². The molecule has 0 saturated carbocycles. The lowest BCUT2D eigenvalue weighted by atomic mass is 10.0. The topological polar surface area (TPSA) is 33.0 Å². The van der Waals surface area contributed by atoms with Crippen LogP contribution < -0.4 is 4.74 Å². The number of hydrogen-bond acceptors (Lipinski definition) is 2. The van der Waals surface area contributed by atoms with Crippen LogP contribution in [0.4, 0.5) is 0 Å². The number of allylic oxidation sites excluding steroid dienone is 1. The normalized spacial score (nSPS) is 11.0. The van der Waals surface area contributed by atoms with Crippen LogP contribution in [-0.2, 0) is 0 Å². The fourth-order valence-electron chi connectivity index (χ4n) is 1.92. The molecule has 0 bridgehead atoms. The molecule has 2 nitrogen and oxygen atoms in total. The maximum absolute atomic E-state index is 9.40. The largest absolute Gasteiger partial charge is 0.493 e. The second kappa shape index (κ2) is 7.17. The van der Waals surface area contributed by atoms with E-state index in [1.165, 1.54) is 0 Å². The van der Waals surface area contributed by atoms with Gasteiger partial charge in [0.25, 0.3) is 0 Å². The zero-order chi connectivity index (χ0) is 15.2.